The number of amides is 5. The molecule has 6 rings (SSSR count). The fourth-order valence-corrected chi connectivity index (χ4v) is 7.74. The maximum absolute atomic E-state index is 15.2. The SMILES string of the molecule is O=C1CCN(S(=O)(=O)Cc2cccc(NC(=O)C3CN(C(=O)CNc4cccc5c4CN(C4CCC(=O)NC4=O)C5=O)C3)c2F)CC1. The number of benzene rings is 2. The first kappa shape index (κ1) is 32.2. The number of imide groups is 1. The molecule has 4 heterocycles. The Morgan fingerprint density at radius 2 is 1.66 bits per heavy atom. The molecule has 0 aromatic heterocycles. The number of nitrogens with zero attached hydrogens (tertiary/aromatic N) is 3. The molecule has 0 radical (unpaired) electrons. The number of likely N-dealkylation sites (tertiary alicyclic amines) is 1. The number of fused-ring (bicyclic) bond motifs is 1. The van der Waals surface area contributed by atoms with Gasteiger partial charge in [0.2, 0.25) is 33.7 Å². The Kier molecular flexibility index (Phi) is 8.80. The molecule has 1 unspecified atom stereocenters. The number of anilines is 2. The molecule has 4 aliphatic rings. The van der Waals surface area contributed by atoms with Crippen molar-refractivity contribution in [1.82, 2.24) is 19.4 Å². The van der Waals surface area contributed by atoms with Crippen LogP contribution in [0.3, 0.4) is 0 Å². The van der Waals surface area contributed by atoms with Gasteiger partial charge < -0.3 is 20.4 Å². The summed E-state index contributed by atoms with van der Waals surface area (Å²) in [6.07, 6.45) is 0.614. The summed E-state index contributed by atoms with van der Waals surface area (Å²) in [7, 11) is -3.87. The topological polar surface area (TPSA) is 182 Å². The van der Waals surface area contributed by atoms with E-state index in [0.29, 0.717) is 16.8 Å². The number of hydrogen-bond acceptors (Lipinski definition) is 9. The molecular weight excluding hydrogens is 635 g/mol. The third kappa shape index (κ3) is 6.60. The second-order valence-electron chi connectivity index (χ2n) is 12.0. The number of carbonyl (C=O) groups excluding carboxylic acids is 6. The molecule has 1 atom stereocenters. The van der Waals surface area contributed by atoms with E-state index in [1.807, 2.05) is 0 Å². The Labute approximate surface area is 269 Å². The molecule has 3 saturated heterocycles. The van der Waals surface area contributed by atoms with E-state index >= 15 is 4.39 Å². The van der Waals surface area contributed by atoms with Crippen molar-refractivity contribution in [3.63, 3.8) is 0 Å². The molecule has 3 fully saturated rings. The lowest BCUT2D eigenvalue weighted by atomic mass is 9.98. The van der Waals surface area contributed by atoms with Crippen LogP contribution in [0.15, 0.2) is 36.4 Å². The van der Waals surface area contributed by atoms with E-state index in [-0.39, 0.29) is 99.7 Å². The number of sulfonamides is 1. The zero-order valence-electron chi connectivity index (χ0n) is 25.3. The molecule has 47 heavy (non-hydrogen) atoms. The Morgan fingerprint density at radius 1 is 0.957 bits per heavy atom. The first-order valence-electron chi connectivity index (χ1n) is 15.3. The van der Waals surface area contributed by atoms with Crippen LogP contribution < -0.4 is 16.0 Å². The van der Waals surface area contributed by atoms with Crippen molar-refractivity contribution in [3.8, 4) is 0 Å². The molecule has 16 heteroatoms. The summed E-state index contributed by atoms with van der Waals surface area (Å²) in [4.78, 5) is 77.0. The van der Waals surface area contributed by atoms with Crippen molar-refractivity contribution < 1.29 is 41.6 Å². The molecule has 5 amide bonds. The Balaban J connectivity index is 1.00. The van der Waals surface area contributed by atoms with E-state index in [2.05, 4.69) is 16.0 Å². The average molecular weight is 669 g/mol. The lowest BCUT2D eigenvalue weighted by Gasteiger charge is -2.38. The van der Waals surface area contributed by atoms with Crippen LogP contribution in [-0.4, -0.2) is 96.6 Å². The van der Waals surface area contributed by atoms with E-state index in [4.69, 9.17) is 0 Å². The lowest BCUT2D eigenvalue weighted by Crippen LogP contribution is -2.55. The predicted molar refractivity (Wildman–Crippen MR) is 165 cm³/mol. The van der Waals surface area contributed by atoms with Crippen molar-refractivity contribution in [3.05, 3.63) is 58.9 Å². The monoisotopic (exact) mass is 668 g/mol. The summed E-state index contributed by atoms with van der Waals surface area (Å²) < 4.78 is 42.0. The minimum atomic E-state index is -3.87. The molecule has 14 nitrogen and oxygen atoms in total. The van der Waals surface area contributed by atoms with Gasteiger partial charge in [-0.1, -0.05) is 18.2 Å². The Hall–Kier alpha value is -4.70. The maximum Gasteiger partial charge on any atom is 0.255 e. The summed E-state index contributed by atoms with van der Waals surface area (Å²) in [5, 5.41) is 7.83. The number of nitrogens with one attached hydrogen (secondary N) is 3. The molecular formula is C31H33FN6O8S. The summed E-state index contributed by atoms with van der Waals surface area (Å²) in [5.74, 6) is -4.11. The number of hydrogen-bond donors (Lipinski definition) is 3. The van der Waals surface area contributed by atoms with Gasteiger partial charge in [-0.15, -0.1) is 0 Å². The first-order valence-corrected chi connectivity index (χ1v) is 16.9. The van der Waals surface area contributed by atoms with Gasteiger partial charge in [-0.2, -0.15) is 0 Å². The number of halogens is 1. The molecule has 2 aromatic carbocycles. The third-order valence-electron chi connectivity index (χ3n) is 8.97. The van der Waals surface area contributed by atoms with Gasteiger partial charge in [0, 0.05) is 74.4 Å². The Bertz CT molecular complexity index is 1780. The molecule has 0 bridgehead atoms. The normalized spacial score (nSPS) is 20.5. The average Bonchev–Trinajstić information content (AvgIpc) is 3.34. The second kappa shape index (κ2) is 12.8. The van der Waals surface area contributed by atoms with Gasteiger partial charge in [0.25, 0.3) is 5.91 Å². The summed E-state index contributed by atoms with van der Waals surface area (Å²) >= 11 is 0. The van der Waals surface area contributed by atoms with Crippen LogP contribution in [0.1, 0.15) is 47.2 Å². The second-order valence-corrected chi connectivity index (χ2v) is 14.0. The highest BCUT2D eigenvalue weighted by atomic mass is 32.2. The smallest absolute Gasteiger partial charge is 0.255 e. The highest BCUT2D eigenvalue weighted by molar-refractivity contribution is 7.88. The minimum absolute atomic E-state index is 0.0167. The Morgan fingerprint density at radius 3 is 2.38 bits per heavy atom. The molecule has 3 N–H and O–H groups in total. The van der Waals surface area contributed by atoms with Crippen molar-refractivity contribution in [1.29, 1.82) is 0 Å². The highest BCUT2D eigenvalue weighted by Crippen LogP contribution is 2.32. The van der Waals surface area contributed by atoms with E-state index in [1.165, 1.54) is 32.3 Å². The summed E-state index contributed by atoms with van der Waals surface area (Å²) in [6, 6.07) is 8.39. The van der Waals surface area contributed by atoms with Gasteiger partial charge >= 0.3 is 0 Å². The molecule has 0 aliphatic carbocycles. The molecule has 2 aromatic rings. The van der Waals surface area contributed by atoms with Crippen LogP contribution in [-0.2, 0) is 46.3 Å². The van der Waals surface area contributed by atoms with Gasteiger partial charge in [0.15, 0.2) is 5.82 Å². The predicted octanol–water partition coefficient (Wildman–Crippen LogP) is 0.590. The van der Waals surface area contributed by atoms with Crippen LogP contribution in [0, 0.1) is 11.7 Å². The van der Waals surface area contributed by atoms with Gasteiger partial charge in [0.1, 0.15) is 11.8 Å². The van der Waals surface area contributed by atoms with Crippen molar-refractivity contribution in [2.24, 2.45) is 5.92 Å². The number of carbonyl (C=O) groups is 6. The number of Topliss-reactive ketones (excluding diaryl/α,β-unsaturated/α-hetero) is 1. The van der Waals surface area contributed by atoms with Crippen molar-refractivity contribution in [2.45, 2.75) is 44.0 Å². The van der Waals surface area contributed by atoms with E-state index in [9.17, 15) is 37.2 Å². The molecule has 4 aliphatic heterocycles. The zero-order valence-corrected chi connectivity index (χ0v) is 26.1. The number of ketones is 1. The van der Waals surface area contributed by atoms with Gasteiger partial charge in [0.05, 0.1) is 23.9 Å². The fourth-order valence-electron chi connectivity index (χ4n) is 6.21. The summed E-state index contributed by atoms with van der Waals surface area (Å²) in [5.41, 5.74) is 1.33. The largest absolute Gasteiger partial charge is 0.376 e. The first-order chi connectivity index (χ1) is 22.4. The van der Waals surface area contributed by atoms with E-state index < -0.39 is 45.4 Å². The van der Waals surface area contributed by atoms with Crippen LogP contribution in [0.25, 0.3) is 0 Å². The van der Waals surface area contributed by atoms with Crippen LogP contribution in [0.5, 0.6) is 0 Å². The molecule has 248 valence electrons. The molecule has 0 saturated carbocycles. The zero-order chi connectivity index (χ0) is 33.5. The van der Waals surface area contributed by atoms with Crippen LogP contribution >= 0.6 is 0 Å². The summed E-state index contributed by atoms with van der Waals surface area (Å²) in [6.45, 7) is 0.346. The lowest BCUT2D eigenvalue weighted by molar-refractivity contribution is -0.140. The van der Waals surface area contributed by atoms with E-state index in [1.54, 1.807) is 18.2 Å². The van der Waals surface area contributed by atoms with Crippen LogP contribution in [0.2, 0.25) is 0 Å². The quantitative estimate of drug-likeness (QED) is 0.322. The van der Waals surface area contributed by atoms with Gasteiger partial charge in [-0.05, 0) is 24.6 Å². The van der Waals surface area contributed by atoms with Crippen LogP contribution in [0.4, 0.5) is 15.8 Å². The van der Waals surface area contributed by atoms with Gasteiger partial charge in [-0.3, -0.25) is 34.1 Å². The molecule has 0 spiro atoms. The highest BCUT2D eigenvalue weighted by Gasteiger charge is 2.40. The van der Waals surface area contributed by atoms with Gasteiger partial charge in [-0.25, -0.2) is 17.1 Å². The van der Waals surface area contributed by atoms with Crippen molar-refractivity contribution in [2.75, 3.05) is 43.4 Å². The fraction of sp³-hybridized carbons (Fsp3) is 0.419. The minimum Gasteiger partial charge on any atom is -0.376 e. The maximum atomic E-state index is 15.2. The third-order valence-corrected chi connectivity index (χ3v) is 10.8. The van der Waals surface area contributed by atoms with E-state index in [0.717, 1.165) is 0 Å². The number of rotatable bonds is 9. The number of piperidine rings is 2. The van der Waals surface area contributed by atoms with Crippen molar-refractivity contribution >= 4 is 56.7 Å². The standard InChI is InChI=1S/C31H33FN6O8S/c32-28-18(17-47(45,46)37-11-9-20(39)10-12-37)3-1-6-24(28)34-29(42)19-14-36(15-19)27(41)13-33-23-5-2-4-21-22(23)16-38(31(21)44)25-7-8-26(40)35-30(25)43/h1-6,19,25,33H,7-17H2,(H,34,42)(H,35,40,43).